The van der Waals surface area contributed by atoms with Crippen LogP contribution in [-0.2, 0) is 26.0 Å². The van der Waals surface area contributed by atoms with Gasteiger partial charge in [-0.05, 0) is 66.8 Å². The molecule has 0 aliphatic heterocycles. The maximum atomic E-state index is 13.3. The maximum absolute atomic E-state index is 13.3. The molecule has 0 bridgehead atoms. The van der Waals surface area contributed by atoms with E-state index in [4.69, 9.17) is 4.74 Å². The molecule has 2 N–H and O–H groups in total. The minimum Gasteiger partial charge on any atom is -0.484 e. The van der Waals surface area contributed by atoms with E-state index in [1.807, 2.05) is 30.3 Å². The number of rotatable bonds is 13. The molecule has 1 aliphatic rings. The van der Waals surface area contributed by atoms with Crippen molar-refractivity contribution >= 4 is 28.1 Å². The second-order valence-corrected chi connectivity index (χ2v) is 11.9. The van der Waals surface area contributed by atoms with E-state index in [2.05, 4.69) is 15.8 Å². The minimum atomic E-state index is -3.89. The second kappa shape index (κ2) is 15.1. The summed E-state index contributed by atoms with van der Waals surface area (Å²) in [5.41, 5.74) is 4.08. The zero-order chi connectivity index (χ0) is 28.9. The Bertz CT molecular complexity index is 1390. The molecular weight excluding hydrogens is 540 g/mol. The molecular formula is C31H36N4O5S. The molecule has 4 rings (SSSR count). The van der Waals surface area contributed by atoms with E-state index in [0.29, 0.717) is 17.7 Å². The molecule has 1 aliphatic carbocycles. The zero-order valence-corrected chi connectivity index (χ0v) is 23.8. The van der Waals surface area contributed by atoms with Crippen molar-refractivity contribution < 1.29 is 22.7 Å². The van der Waals surface area contributed by atoms with E-state index in [9.17, 15) is 18.0 Å². The number of sulfonamides is 1. The number of carbonyl (C=O) groups is 2. The monoisotopic (exact) mass is 576 g/mol. The van der Waals surface area contributed by atoms with Crippen LogP contribution < -0.4 is 15.5 Å². The Kier molecular flexibility index (Phi) is 11.0. The van der Waals surface area contributed by atoms with Crippen LogP contribution in [0.5, 0.6) is 5.75 Å². The number of hydrogen-bond acceptors (Lipinski definition) is 6. The summed E-state index contributed by atoms with van der Waals surface area (Å²) in [6.45, 7) is -0.289. The predicted molar refractivity (Wildman–Crippen MR) is 158 cm³/mol. The van der Waals surface area contributed by atoms with Gasteiger partial charge in [-0.3, -0.25) is 9.59 Å². The summed E-state index contributed by atoms with van der Waals surface area (Å²) in [5, 5.41) is 7.01. The number of hydrazone groups is 1. The predicted octanol–water partition coefficient (Wildman–Crippen LogP) is 3.90. The average Bonchev–Trinajstić information content (AvgIpc) is 3.00. The maximum Gasteiger partial charge on any atom is 0.258 e. The van der Waals surface area contributed by atoms with Crippen LogP contribution >= 0.6 is 0 Å². The van der Waals surface area contributed by atoms with Gasteiger partial charge in [-0.2, -0.15) is 9.41 Å². The van der Waals surface area contributed by atoms with Crippen molar-refractivity contribution in [2.45, 2.75) is 49.5 Å². The van der Waals surface area contributed by atoms with E-state index in [-0.39, 0.29) is 36.5 Å². The van der Waals surface area contributed by atoms with Gasteiger partial charge >= 0.3 is 0 Å². The van der Waals surface area contributed by atoms with Crippen molar-refractivity contribution in [3.63, 3.8) is 0 Å². The van der Waals surface area contributed by atoms with Gasteiger partial charge in [0.05, 0.1) is 17.7 Å². The molecule has 3 aromatic carbocycles. The quantitative estimate of drug-likeness (QED) is 0.237. The molecule has 1 saturated carbocycles. The van der Waals surface area contributed by atoms with Crippen LogP contribution in [0.25, 0.3) is 0 Å². The highest BCUT2D eigenvalue weighted by atomic mass is 32.2. The Morgan fingerprint density at radius 1 is 0.878 bits per heavy atom. The molecule has 0 heterocycles. The van der Waals surface area contributed by atoms with Crippen molar-refractivity contribution in [2.24, 2.45) is 5.10 Å². The summed E-state index contributed by atoms with van der Waals surface area (Å²) in [7, 11) is -3.89. The third-order valence-electron chi connectivity index (χ3n) is 6.82. The number of ether oxygens (including phenoxy) is 1. The van der Waals surface area contributed by atoms with E-state index < -0.39 is 15.9 Å². The molecule has 0 spiro atoms. The van der Waals surface area contributed by atoms with Crippen LogP contribution in [0.2, 0.25) is 0 Å². The van der Waals surface area contributed by atoms with Crippen molar-refractivity contribution in [1.82, 2.24) is 15.0 Å². The number of nitrogens with zero attached hydrogens (tertiary/aromatic N) is 2. The molecule has 0 saturated heterocycles. The lowest BCUT2D eigenvalue weighted by Gasteiger charge is -2.22. The molecule has 1 fully saturated rings. The van der Waals surface area contributed by atoms with Crippen molar-refractivity contribution in [2.75, 3.05) is 19.7 Å². The molecule has 41 heavy (non-hydrogen) atoms. The van der Waals surface area contributed by atoms with Crippen molar-refractivity contribution in [3.05, 3.63) is 96.1 Å². The minimum absolute atomic E-state index is 0.0490. The fourth-order valence-electron chi connectivity index (χ4n) is 4.61. The first-order chi connectivity index (χ1) is 19.9. The van der Waals surface area contributed by atoms with Crippen LogP contribution in [0.3, 0.4) is 0 Å². The van der Waals surface area contributed by atoms with Gasteiger partial charge in [0.1, 0.15) is 5.75 Å². The first kappa shape index (κ1) is 30.0. The van der Waals surface area contributed by atoms with E-state index in [1.54, 1.807) is 42.5 Å². The largest absolute Gasteiger partial charge is 0.484 e. The standard InChI is InChI=1S/C31H36N4O5S/c36-30(23-35(21-20-25-10-4-1-5-11-25)41(38,39)29-14-8-3-9-15-29)34-32-22-26-16-18-28(19-17-26)40-24-31(37)33-27-12-6-2-7-13-27/h1,3-5,8-11,14-19,22,27H,2,6-7,12-13,20-21,23-24H2,(H,33,37)(H,34,36)/b32-22+. The lowest BCUT2D eigenvalue weighted by Crippen LogP contribution is -2.40. The lowest BCUT2D eigenvalue weighted by atomic mass is 9.95. The number of benzene rings is 3. The first-order valence-corrected chi connectivity index (χ1v) is 15.3. The molecule has 3 aromatic rings. The van der Waals surface area contributed by atoms with Crippen LogP contribution in [0, 0.1) is 0 Å². The lowest BCUT2D eigenvalue weighted by molar-refractivity contribution is -0.124. The van der Waals surface area contributed by atoms with E-state index in [0.717, 1.165) is 35.6 Å². The highest BCUT2D eigenvalue weighted by Crippen LogP contribution is 2.18. The summed E-state index contributed by atoms with van der Waals surface area (Å²) in [4.78, 5) is 25.0. The third-order valence-corrected chi connectivity index (χ3v) is 8.68. The summed E-state index contributed by atoms with van der Waals surface area (Å²) in [6.07, 6.45) is 7.47. The summed E-state index contributed by atoms with van der Waals surface area (Å²) < 4.78 is 33.3. The molecule has 0 unspecified atom stereocenters. The molecule has 0 radical (unpaired) electrons. The number of amides is 2. The first-order valence-electron chi connectivity index (χ1n) is 13.8. The van der Waals surface area contributed by atoms with Gasteiger partial charge in [-0.25, -0.2) is 13.8 Å². The van der Waals surface area contributed by atoms with Gasteiger partial charge in [0.15, 0.2) is 6.61 Å². The second-order valence-electron chi connectivity index (χ2n) is 9.94. The number of nitrogens with one attached hydrogen (secondary N) is 2. The van der Waals surface area contributed by atoms with Gasteiger partial charge in [0.25, 0.3) is 11.8 Å². The van der Waals surface area contributed by atoms with Gasteiger partial charge < -0.3 is 10.1 Å². The van der Waals surface area contributed by atoms with Crippen LogP contribution in [0.1, 0.15) is 43.2 Å². The molecule has 2 amide bonds. The number of hydrogen-bond donors (Lipinski definition) is 2. The zero-order valence-electron chi connectivity index (χ0n) is 22.9. The molecule has 216 valence electrons. The fraction of sp³-hybridized carbons (Fsp3) is 0.323. The van der Waals surface area contributed by atoms with Crippen molar-refractivity contribution in [1.29, 1.82) is 0 Å². The van der Waals surface area contributed by atoms with Gasteiger partial charge in [-0.15, -0.1) is 0 Å². The van der Waals surface area contributed by atoms with Gasteiger partial charge in [0, 0.05) is 12.6 Å². The fourth-order valence-corrected chi connectivity index (χ4v) is 6.03. The summed E-state index contributed by atoms with van der Waals surface area (Å²) >= 11 is 0. The highest BCUT2D eigenvalue weighted by Gasteiger charge is 2.26. The van der Waals surface area contributed by atoms with Crippen LogP contribution in [0.4, 0.5) is 0 Å². The van der Waals surface area contributed by atoms with Crippen molar-refractivity contribution in [3.8, 4) is 5.75 Å². The molecule has 0 aromatic heterocycles. The third kappa shape index (κ3) is 9.54. The van der Waals surface area contributed by atoms with Gasteiger partial charge in [0.2, 0.25) is 10.0 Å². The Labute approximate surface area is 241 Å². The van der Waals surface area contributed by atoms with E-state index in [1.165, 1.54) is 24.8 Å². The molecule has 0 atom stereocenters. The Hall–Kier alpha value is -4.02. The number of carbonyl (C=O) groups excluding carboxylic acids is 2. The summed E-state index contributed by atoms with van der Waals surface area (Å²) in [6, 6.07) is 24.7. The molecule has 10 heteroatoms. The Morgan fingerprint density at radius 2 is 1.54 bits per heavy atom. The summed E-state index contributed by atoms with van der Waals surface area (Å²) in [5.74, 6) is -0.139. The normalized spacial score (nSPS) is 14.2. The van der Waals surface area contributed by atoms with Crippen LogP contribution in [0.15, 0.2) is 94.9 Å². The molecule has 9 nitrogen and oxygen atoms in total. The van der Waals surface area contributed by atoms with E-state index >= 15 is 0 Å². The average molecular weight is 577 g/mol. The SMILES string of the molecule is O=C(CN(CCc1ccccc1)S(=O)(=O)c1ccccc1)N/N=C/c1ccc(OCC(=O)NC2CCCCC2)cc1. The van der Waals surface area contributed by atoms with Gasteiger partial charge in [-0.1, -0.05) is 67.8 Å². The van der Waals surface area contributed by atoms with Crippen LogP contribution in [-0.4, -0.2) is 56.5 Å². The smallest absolute Gasteiger partial charge is 0.258 e. The Morgan fingerprint density at radius 3 is 2.22 bits per heavy atom. The Balaban J connectivity index is 1.28. The topological polar surface area (TPSA) is 117 Å². The highest BCUT2D eigenvalue weighted by molar-refractivity contribution is 7.89.